The lowest BCUT2D eigenvalue weighted by atomic mass is 10.0. The number of hydrogen-bond donors (Lipinski definition) is 2. The molecule has 0 aliphatic heterocycles. The Labute approximate surface area is 105 Å². The summed E-state index contributed by atoms with van der Waals surface area (Å²) in [7, 11) is 3.51. The number of carboxylic acids is 1. The summed E-state index contributed by atoms with van der Waals surface area (Å²) in [5, 5.41) is 9.75. The molecule has 0 saturated carbocycles. The Morgan fingerprint density at radius 2 is 2.28 bits per heavy atom. The Bertz CT molecular complexity index is 589. The minimum absolute atomic E-state index is 0.0870. The lowest BCUT2D eigenvalue weighted by Gasteiger charge is -2.08. The second kappa shape index (κ2) is 4.70. The average Bonchev–Trinajstić information content (AvgIpc) is 2.65. The molecule has 0 fully saturated rings. The number of benzene rings is 1. The highest BCUT2D eigenvalue weighted by Gasteiger charge is 2.16. The van der Waals surface area contributed by atoms with E-state index >= 15 is 0 Å². The van der Waals surface area contributed by atoms with E-state index in [1.54, 1.807) is 7.11 Å². The van der Waals surface area contributed by atoms with Gasteiger partial charge in [0.1, 0.15) is 5.75 Å². The predicted octanol–water partition coefficient (Wildman–Crippen LogP) is 1.66. The normalized spacial score (nSPS) is 12.6. The van der Waals surface area contributed by atoms with Crippen LogP contribution in [0.2, 0.25) is 0 Å². The van der Waals surface area contributed by atoms with Crippen LogP contribution >= 0.6 is 0 Å². The van der Waals surface area contributed by atoms with E-state index < -0.39 is 12.0 Å². The third-order valence-electron chi connectivity index (χ3n) is 3.02. The molecule has 0 saturated heterocycles. The van der Waals surface area contributed by atoms with Crippen molar-refractivity contribution in [2.45, 2.75) is 12.5 Å². The minimum Gasteiger partial charge on any atom is -0.497 e. The Hall–Kier alpha value is -2.01. The summed E-state index contributed by atoms with van der Waals surface area (Å²) in [4.78, 5) is 10.7. The molecule has 5 nitrogen and oxygen atoms in total. The first-order chi connectivity index (χ1) is 8.52. The molecule has 0 aliphatic carbocycles. The number of aromatic nitrogens is 1. The van der Waals surface area contributed by atoms with Crippen molar-refractivity contribution in [3.05, 3.63) is 30.0 Å². The first kappa shape index (κ1) is 12.4. The van der Waals surface area contributed by atoms with Crippen molar-refractivity contribution in [1.29, 1.82) is 0 Å². The topological polar surface area (TPSA) is 77.5 Å². The highest BCUT2D eigenvalue weighted by atomic mass is 16.5. The molecule has 0 radical (unpaired) electrons. The molecule has 96 valence electrons. The smallest absolute Gasteiger partial charge is 0.305 e. The van der Waals surface area contributed by atoms with E-state index in [9.17, 15) is 4.79 Å². The molecule has 18 heavy (non-hydrogen) atoms. The third kappa shape index (κ3) is 2.17. The van der Waals surface area contributed by atoms with Crippen LogP contribution in [0.15, 0.2) is 24.4 Å². The fourth-order valence-corrected chi connectivity index (χ4v) is 2.12. The molecule has 0 spiro atoms. The van der Waals surface area contributed by atoms with Gasteiger partial charge >= 0.3 is 5.97 Å². The van der Waals surface area contributed by atoms with Crippen molar-refractivity contribution in [3.8, 4) is 5.75 Å². The number of methoxy groups -OCH3 is 1. The fourth-order valence-electron chi connectivity index (χ4n) is 2.12. The molecule has 0 amide bonds. The molecule has 1 unspecified atom stereocenters. The predicted molar refractivity (Wildman–Crippen MR) is 68.7 cm³/mol. The molecule has 1 atom stereocenters. The minimum atomic E-state index is -0.901. The Morgan fingerprint density at radius 1 is 1.56 bits per heavy atom. The molecule has 1 aromatic carbocycles. The maximum Gasteiger partial charge on any atom is 0.305 e. The first-order valence-corrected chi connectivity index (χ1v) is 5.63. The second-order valence-electron chi connectivity index (χ2n) is 4.28. The summed E-state index contributed by atoms with van der Waals surface area (Å²) in [6.07, 6.45) is 1.79. The highest BCUT2D eigenvalue weighted by molar-refractivity contribution is 5.86. The number of aryl methyl sites for hydroxylation is 1. The largest absolute Gasteiger partial charge is 0.497 e. The highest BCUT2D eigenvalue weighted by Crippen LogP contribution is 2.29. The van der Waals surface area contributed by atoms with Crippen molar-refractivity contribution in [3.63, 3.8) is 0 Å². The summed E-state index contributed by atoms with van der Waals surface area (Å²) in [5.74, 6) is -0.167. The van der Waals surface area contributed by atoms with Gasteiger partial charge < -0.3 is 20.1 Å². The zero-order valence-corrected chi connectivity index (χ0v) is 10.4. The fraction of sp³-hybridized carbons (Fsp3) is 0.308. The van der Waals surface area contributed by atoms with Gasteiger partial charge in [-0.3, -0.25) is 4.79 Å². The van der Waals surface area contributed by atoms with Crippen LogP contribution in [-0.2, 0) is 11.8 Å². The lowest BCUT2D eigenvalue weighted by molar-refractivity contribution is -0.137. The van der Waals surface area contributed by atoms with Crippen LogP contribution in [0.4, 0.5) is 0 Å². The van der Waals surface area contributed by atoms with Gasteiger partial charge in [0.15, 0.2) is 0 Å². The van der Waals surface area contributed by atoms with Crippen LogP contribution in [0.5, 0.6) is 5.75 Å². The van der Waals surface area contributed by atoms with Gasteiger partial charge in [-0.2, -0.15) is 0 Å². The van der Waals surface area contributed by atoms with E-state index in [2.05, 4.69) is 0 Å². The number of nitrogens with two attached hydrogens (primary N) is 1. The van der Waals surface area contributed by atoms with Crippen molar-refractivity contribution < 1.29 is 14.6 Å². The van der Waals surface area contributed by atoms with Crippen molar-refractivity contribution >= 4 is 16.9 Å². The van der Waals surface area contributed by atoms with Crippen molar-refractivity contribution in [1.82, 2.24) is 4.57 Å². The molecule has 1 aromatic heterocycles. The average molecular weight is 248 g/mol. The maximum absolute atomic E-state index is 10.7. The van der Waals surface area contributed by atoms with Gasteiger partial charge in [0, 0.05) is 30.2 Å². The molecule has 1 heterocycles. The van der Waals surface area contributed by atoms with Crippen LogP contribution in [0, 0.1) is 0 Å². The molecular formula is C13H16N2O3. The van der Waals surface area contributed by atoms with Crippen LogP contribution in [0.1, 0.15) is 18.0 Å². The van der Waals surface area contributed by atoms with Crippen molar-refractivity contribution in [2.75, 3.05) is 7.11 Å². The molecule has 0 aliphatic rings. The Balaban J connectivity index is 2.52. The molecular weight excluding hydrogens is 232 g/mol. The van der Waals surface area contributed by atoms with E-state index in [0.29, 0.717) is 0 Å². The molecule has 3 N–H and O–H groups in total. The summed E-state index contributed by atoms with van der Waals surface area (Å²) in [5.41, 5.74) is 7.77. The number of carboxylic acid groups (broad SMARTS) is 1. The summed E-state index contributed by atoms with van der Waals surface area (Å²) >= 11 is 0. The van der Waals surface area contributed by atoms with Gasteiger partial charge in [-0.25, -0.2) is 0 Å². The summed E-state index contributed by atoms with van der Waals surface area (Å²) in [6.45, 7) is 0. The van der Waals surface area contributed by atoms with Gasteiger partial charge in [-0.1, -0.05) is 0 Å². The van der Waals surface area contributed by atoms with Crippen LogP contribution in [0.3, 0.4) is 0 Å². The Morgan fingerprint density at radius 3 is 2.89 bits per heavy atom. The standard InChI is InChI=1S/C13H16N2O3/c1-15-7-10(11(14)6-13(16)17)9-5-8(18-2)3-4-12(9)15/h3-5,7,11H,6,14H2,1-2H3,(H,16,17). The second-order valence-corrected chi connectivity index (χ2v) is 4.28. The summed E-state index contributed by atoms with van der Waals surface area (Å²) < 4.78 is 7.12. The number of fused-ring (bicyclic) bond motifs is 1. The number of carbonyl (C=O) groups is 1. The SMILES string of the molecule is COc1ccc2c(c1)c(C(N)CC(=O)O)cn2C. The van der Waals surface area contributed by atoms with E-state index in [-0.39, 0.29) is 6.42 Å². The van der Waals surface area contributed by atoms with E-state index in [4.69, 9.17) is 15.6 Å². The zero-order valence-electron chi connectivity index (χ0n) is 10.4. The number of hydrogen-bond acceptors (Lipinski definition) is 3. The monoisotopic (exact) mass is 248 g/mol. The molecule has 2 aromatic rings. The van der Waals surface area contributed by atoms with Crippen LogP contribution in [0.25, 0.3) is 10.9 Å². The number of rotatable bonds is 4. The Kier molecular flexibility index (Phi) is 3.25. The molecule has 0 bridgehead atoms. The van der Waals surface area contributed by atoms with E-state index in [1.165, 1.54) is 0 Å². The molecule has 2 rings (SSSR count). The van der Waals surface area contributed by atoms with Gasteiger partial charge in [-0.15, -0.1) is 0 Å². The lowest BCUT2D eigenvalue weighted by Crippen LogP contribution is -2.14. The first-order valence-electron chi connectivity index (χ1n) is 5.63. The maximum atomic E-state index is 10.7. The molecule has 5 heteroatoms. The van der Waals surface area contributed by atoms with E-state index in [1.807, 2.05) is 36.0 Å². The number of aliphatic carboxylic acids is 1. The number of ether oxygens (including phenoxy) is 1. The van der Waals surface area contributed by atoms with E-state index in [0.717, 1.165) is 22.2 Å². The quantitative estimate of drug-likeness (QED) is 0.862. The number of nitrogens with zero attached hydrogens (tertiary/aromatic N) is 1. The zero-order chi connectivity index (χ0) is 13.3. The van der Waals surface area contributed by atoms with Crippen LogP contribution < -0.4 is 10.5 Å². The third-order valence-corrected chi connectivity index (χ3v) is 3.02. The van der Waals surface area contributed by atoms with Crippen LogP contribution in [-0.4, -0.2) is 22.8 Å². The van der Waals surface area contributed by atoms with Crippen molar-refractivity contribution in [2.24, 2.45) is 12.8 Å². The van der Waals surface area contributed by atoms with Gasteiger partial charge in [0.05, 0.1) is 13.5 Å². The van der Waals surface area contributed by atoms with Gasteiger partial charge in [0.25, 0.3) is 0 Å². The van der Waals surface area contributed by atoms with Gasteiger partial charge in [0.2, 0.25) is 0 Å². The summed E-state index contributed by atoms with van der Waals surface area (Å²) in [6, 6.07) is 5.17. The van der Waals surface area contributed by atoms with Gasteiger partial charge in [-0.05, 0) is 23.8 Å².